The standard InChI is InChI=1S/C18H21N3O3/c22-11-14-10-12(4-6-16(14)23)8-9-19-18(24)21-17-7-5-13-2-1-3-15(13)20-17/h4-7,10,22-23H,1-3,8-9,11H2,(H2,19,20,21,24). The van der Waals surface area contributed by atoms with Crippen LogP contribution in [-0.4, -0.2) is 27.8 Å². The molecule has 6 nitrogen and oxygen atoms in total. The van der Waals surface area contributed by atoms with E-state index in [0.717, 1.165) is 30.5 Å². The minimum Gasteiger partial charge on any atom is -0.508 e. The number of pyridine rings is 1. The third-order valence-corrected chi connectivity index (χ3v) is 4.18. The van der Waals surface area contributed by atoms with Crippen molar-refractivity contribution < 1.29 is 15.0 Å². The number of phenols is 1. The largest absolute Gasteiger partial charge is 0.508 e. The summed E-state index contributed by atoms with van der Waals surface area (Å²) < 4.78 is 0. The number of hydrogen-bond acceptors (Lipinski definition) is 4. The van der Waals surface area contributed by atoms with Crippen molar-refractivity contribution in [3.63, 3.8) is 0 Å². The number of fused-ring (bicyclic) bond motifs is 1. The fourth-order valence-electron chi connectivity index (χ4n) is 2.89. The van der Waals surface area contributed by atoms with Gasteiger partial charge in [0.05, 0.1) is 6.61 Å². The summed E-state index contributed by atoms with van der Waals surface area (Å²) >= 11 is 0. The molecule has 1 aromatic carbocycles. The van der Waals surface area contributed by atoms with Crippen molar-refractivity contribution >= 4 is 11.8 Å². The summed E-state index contributed by atoms with van der Waals surface area (Å²) in [5.41, 5.74) is 3.77. The summed E-state index contributed by atoms with van der Waals surface area (Å²) in [5, 5.41) is 24.2. The first kappa shape index (κ1) is 16.3. The maximum Gasteiger partial charge on any atom is 0.320 e. The number of carbonyl (C=O) groups is 1. The molecule has 3 rings (SSSR count). The van der Waals surface area contributed by atoms with Gasteiger partial charge in [0.2, 0.25) is 0 Å². The van der Waals surface area contributed by atoms with Crippen LogP contribution in [0.2, 0.25) is 0 Å². The van der Waals surface area contributed by atoms with Crippen LogP contribution in [0.25, 0.3) is 0 Å². The van der Waals surface area contributed by atoms with Crippen molar-refractivity contribution in [3.8, 4) is 5.75 Å². The highest BCUT2D eigenvalue weighted by atomic mass is 16.3. The number of carbonyl (C=O) groups excluding carboxylic acids is 1. The first-order chi connectivity index (χ1) is 11.7. The zero-order valence-corrected chi connectivity index (χ0v) is 13.4. The van der Waals surface area contributed by atoms with Gasteiger partial charge in [0.15, 0.2) is 0 Å². The van der Waals surface area contributed by atoms with Crippen LogP contribution < -0.4 is 10.6 Å². The van der Waals surface area contributed by atoms with E-state index < -0.39 is 0 Å². The van der Waals surface area contributed by atoms with Gasteiger partial charge in [-0.1, -0.05) is 12.1 Å². The van der Waals surface area contributed by atoms with E-state index in [1.54, 1.807) is 18.2 Å². The Hall–Kier alpha value is -2.60. The Morgan fingerprint density at radius 1 is 1.21 bits per heavy atom. The molecule has 0 fully saturated rings. The first-order valence-corrected chi connectivity index (χ1v) is 8.11. The second-order valence-electron chi connectivity index (χ2n) is 5.91. The molecule has 0 saturated carbocycles. The highest BCUT2D eigenvalue weighted by Crippen LogP contribution is 2.21. The number of aromatic hydroxyl groups is 1. The zero-order chi connectivity index (χ0) is 16.9. The van der Waals surface area contributed by atoms with E-state index in [9.17, 15) is 9.90 Å². The second kappa shape index (κ2) is 7.31. The van der Waals surface area contributed by atoms with E-state index in [1.807, 2.05) is 12.1 Å². The third kappa shape index (κ3) is 3.83. The Balaban J connectivity index is 1.49. The van der Waals surface area contributed by atoms with Gasteiger partial charge in [-0.2, -0.15) is 0 Å². The van der Waals surface area contributed by atoms with Gasteiger partial charge in [0, 0.05) is 17.8 Å². The molecule has 0 unspecified atom stereocenters. The van der Waals surface area contributed by atoms with Gasteiger partial charge in [-0.05, 0) is 55.0 Å². The number of aliphatic hydroxyl groups excluding tert-OH is 1. The average molecular weight is 327 g/mol. The number of nitrogens with zero attached hydrogens (tertiary/aromatic N) is 1. The van der Waals surface area contributed by atoms with Crippen LogP contribution in [0.3, 0.4) is 0 Å². The van der Waals surface area contributed by atoms with Gasteiger partial charge in [0.25, 0.3) is 0 Å². The van der Waals surface area contributed by atoms with Crippen LogP contribution in [-0.2, 0) is 25.9 Å². The van der Waals surface area contributed by atoms with Gasteiger partial charge in [-0.3, -0.25) is 5.32 Å². The maximum atomic E-state index is 11.9. The Bertz CT molecular complexity index is 746. The molecule has 0 radical (unpaired) electrons. The third-order valence-electron chi connectivity index (χ3n) is 4.18. The molecular weight excluding hydrogens is 306 g/mol. The summed E-state index contributed by atoms with van der Waals surface area (Å²) in [6, 6.07) is 8.62. The fourth-order valence-corrected chi connectivity index (χ4v) is 2.89. The van der Waals surface area contributed by atoms with Gasteiger partial charge >= 0.3 is 6.03 Å². The molecule has 6 heteroatoms. The zero-order valence-electron chi connectivity index (χ0n) is 13.4. The van der Waals surface area contributed by atoms with Crippen molar-refractivity contribution in [3.05, 3.63) is 52.7 Å². The molecule has 24 heavy (non-hydrogen) atoms. The Labute approximate surface area is 140 Å². The minimum atomic E-state index is -0.290. The highest BCUT2D eigenvalue weighted by Gasteiger charge is 2.13. The molecular formula is C18H21N3O3. The van der Waals surface area contributed by atoms with E-state index in [1.165, 1.54) is 5.56 Å². The van der Waals surface area contributed by atoms with E-state index in [0.29, 0.717) is 24.3 Å². The number of aliphatic hydroxyl groups is 1. The van der Waals surface area contributed by atoms with Gasteiger partial charge in [0.1, 0.15) is 11.6 Å². The second-order valence-corrected chi connectivity index (χ2v) is 5.91. The Morgan fingerprint density at radius 3 is 2.92 bits per heavy atom. The van der Waals surface area contributed by atoms with Crippen molar-refractivity contribution in [2.45, 2.75) is 32.3 Å². The van der Waals surface area contributed by atoms with Crippen molar-refractivity contribution in [2.75, 3.05) is 11.9 Å². The SMILES string of the molecule is O=C(NCCc1ccc(O)c(CO)c1)Nc1ccc2c(n1)CCC2. The molecule has 2 amide bonds. The van der Waals surface area contributed by atoms with Crippen molar-refractivity contribution in [2.24, 2.45) is 0 Å². The molecule has 0 bridgehead atoms. The minimum absolute atomic E-state index is 0.0784. The topological polar surface area (TPSA) is 94.5 Å². The first-order valence-electron chi connectivity index (χ1n) is 8.11. The Kier molecular flexibility index (Phi) is 4.96. The lowest BCUT2D eigenvalue weighted by molar-refractivity contribution is 0.252. The van der Waals surface area contributed by atoms with Crippen LogP contribution in [0.4, 0.5) is 10.6 Å². The molecule has 1 aliphatic carbocycles. The van der Waals surface area contributed by atoms with Gasteiger partial charge < -0.3 is 15.5 Å². The maximum absolute atomic E-state index is 11.9. The molecule has 2 aromatic rings. The van der Waals surface area contributed by atoms with Crippen LogP contribution in [0.5, 0.6) is 5.75 Å². The summed E-state index contributed by atoms with van der Waals surface area (Å²) in [6.45, 7) is 0.240. The van der Waals surface area contributed by atoms with Crippen LogP contribution in [0, 0.1) is 0 Å². The van der Waals surface area contributed by atoms with Gasteiger partial charge in [-0.15, -0.1) is 0 Å². The number of rotatable bonds is 5. The molecule has 0 aliphatic heterocycles. The van der Waals surface area contributed by atoms with Crippen LogP contribution in [0.1, 0.15) is 28.8 Å². The number of anilines is 1. The van der Waals surface area contributed by atoms with Crippen LogP contribution >= 0.6 is 0 Å². The van der Waals surface area contributed by atoms with E-state index in [2.05, 4.69) is 15.6 Å². The molecule has 0 atom stereocenters. The molecule has 1 aliphatic rings. The lowest BCUT2D eigenvalue weighted by atomic mass is 10.1. The van der Waals surface area contributed by atoms with Crippen molar-refractivity contribution in [1.29, 1.82) is 0 Å². The van der Waals surface area contributed by atoms with E-state index in [-0.39, 0.29) is 18.4 Å². The fraction of sp³-hybridized carbons (Fsp3) is 0.333. The Morgan fingerprint density at radius 2 is 2.08 bits per heavy atom. The van der Waals surface area contributed by atoms with Gasteiger partial charge in [-0.25, -0.2) is 9.78 Å². The molecule has 1 heterocycles. The number of hydrogen-bond donors (Lipinski definition) is 4. The van der Waals surface area contributed by atoms with E-state index >= 15 is 0 Å². The number of urea groups is 1. The summed E-state index contributed by atoms with van der Waals surface area (Å²) in [7, 11) is 0. The predicted octanol–water partition coefficient (Wildman–Crippen LogP) is 2.13. The van der Waals surface area contributed by atoms with E-state index in [4.69, 9.17) is 5.11 Å². The molecule has 4 N–H and O–H groups in total. The number of amides is 2. The lowest BCUT2D eigenvalue weighted by Crippen LogP contribution is -2.30. The molecule has 0 spiro atoms. The summed E-state index contributed by atoms with van der Waals surface area (Å²) in [6.07, 6.45) is 3.77. The molecule has 0 saturated heterocycles. The number of aryl methyl sites for hydroxylation is 2. The highest BCUT2D eigenvalue weighted by molar-refractivity contribution is 5.88. The molecule has 126 valence electrons. The predicted molar refractivity (Wildman–Crippen MR) is 91.0 cm³/mol. The quantitative estimate of drug-likeness (QED) is 0.677. The lowest BCUT2D eigenvalue weighted by Gasteiger charge is -2.09. The normalized spacial score (nSPS) is 12.7. The van der Waals surface area contributed by atoms with Crippen LogP contribution in [0.15, 0.2) is 30.3 Å². The number of benzene rings is 1. The summed E-state index contributed by atoms with van der Waals surface area (Å²) in [4.78, 5) is 16.4. The number of aromatic nitrogens is 1. The number of nitrogens with one attached hydrogen (secondary N) is 2. The summed E-state index contributed by atoms with van der Waals surface area (Å²) in [5.74, 6) is 0.648. The van der Waals surface area contributed by atoms with Crippen molar-refractivity contribution in [1.82, 2.24) is 10.3 Å². The smallest absolute Gasteiger partial charge is 0.320 e. The molecule has 1 aromatic heterocycles. The average Bonchev–Trinajstić information content (AvgIpc) is 3.04. The monoisotopic (exact) mass is 327 g/mol.